The normalized spacial score (nSPS) is 14.1. The minimum Gasteiger partial charge on any atom is -0.497 e. The van der Waals surface area contributed by atoms with Crippen LogP contribution in [-0.2, 0) is 4.74 Å². The van der Waals surface area contributed by atoms with Crippen molar-refractivity contribution >= 4 is 5.97 Å². The molecule has 0 saturated heterocycles. The summed E-state index contributed by atoms with van der Waals surface area (Å²) in [6.07, 6.45) is 0. The van der Waals surface area contributed by atoms with Crippen molar-refractivity contribution in [3.8, 4) is 11.5 Å². The number of hydrogen-bond donors (Lipinski definition) is 0. The predicted molar refractivity (Wildman–Crippen MR) is 48.2 cm³/mol. The zero-order chi connectivity index (χ0) is 10.1. The molecule has 0 fully saturated rings. The van der Waals surface area contributed by atoms with Gasteiger partial charge in [0.1, 0.15) is 17.1 Å². The van der Waals surface area contributed by atoms with Gasteiger partial charge < -0.3 is 14.2 Å². The highest BCUT2D eigenvalue weighted by atomic mass is 16.7. The lowest BCUT2D eigenvalue weighted by Gasteiger charge is -2.17. The Morgan fingerprint density at radius 3 is 2.86 bits per heavy atom. The Labute approximate surface area is 80.7 Å². The average molecular weight is 192 g/mol. The summed E-state index contributed by atoms with van der Waals surface area (Å²) in [6.45, 7) is 3.41. The number of methoxy groups -OCH3 is 1. The second kappa shape index (κ2) is 3.06. The van der Waals surface area contributed by atoms with Crippen molar-refractivity contribution < 1.29 is 19.0 Å². The molecule has 1 aromatic carbocycles. The second-order valence-electron chi connectivity index (χ2n) is 2.73. The lowest BCUT2D eigenvalue weighted by atomic mass is 10.2. The van der Waals surface area contributed by atoms with Crippen molar-refractivity contribution in [2.24, 2.45) is 0 Å². The van der Waals surface area contributed by atoms with Gasteiger partial charge in [-0.1, -0.05) is 0 Å². The summed E-state index contributed by atoms with van der Waals surface area (Å²) in [5.41, 5.74) is 0.344. The van der Waals surface area contributed by atoms with Crippen LogP contribution >= 0.6 is 0 Å². The number of cyclic esters (lactones) is 1. The van der Waals surface area contributed by atoms with Crippen LogP contribution in [0.2, 0.25) is 0 Å². The van der Waals surface area contributed by atoms with E-state index in [2.05, 4.69) is 6.58 Å². The van der Waals surface area contributed by atoms with Crippen molar-refractivity contribution in [2.45, 2.75) is 0 Å². The van der Waals surface area contributed by atoms with E-state index < -0.39 is 5.97 Å². The fourth-order valence-corrected chi connectivity index (χ4v) is 1.19. The highest BCUT2D eigenvalue weighted by Gasteiger charge is 2.23. The average Bonchev–Trinajstić information content (AvgIpc) is 2.17. The van der Waals surface area contributed by atoms with Gasteiger partial charge >= 0.3 is 5.97 Å². The molecule has 0 aromatic heterocycles. The maximum absolute atomic E-state index is 11.3. The first-order valence-corrected chi connectivity index (χ1v) is 3.97. The van der Waals surface area contributed by atoms with Crippen LogP contribution in [0.3, 0.4) is 0 Å². The van der Waals surface area contributed by atoms with Crippen LogP contribution in [0.1, 0.15) is 10.4 Å². The molecule has 0 radical (unpaired) electrons. The van der Waals surface area contributed by atoms with Crippen molar-refractivity contribution in [1.29, 1.82) is 0 Å². The first-order valence-electron chi connectivity index (χ1n) is 3.97. The lowest BCUT2D eigenvalue weighted by molar-refractivity contribution is 0.0413. The summed E-state index contributed by atoms with van der Waals surface area (Å²) in [6, 6.07) is 4.90. The van der Waals surface area contributed by atoms with Crippen LogP contribution in [0.25, 0.3) is 0 Å². The molecule has 0 aliphatic carbocycles. The molecule has 4 heteroatoms. The van der Waals surface area contributed by atoms with E-state index in [1.54, 1.807) is 18.2 Å². The number of benzene rings is 1. The maximum Gasteiger partial charge on any atom is 0.349 e. The Bertz CT molecular complexity index is 409. The van der Waals surface area contributed by atoms with Gasteiger partial charge in [0.25, 0.3) is 5.95 Å². The number of ether oxygens (including phenoxy) is 3. The molecule has 0 bridgehead atoms. The second-order valence-corrected chi connectivity index (χ2v) is 2.73. The molecule has 0 amide bonds. The van der Waals surface area contributed by atoms with Gasteiger partial charge in [0.05, 0.1) is 7.11 Å². The van der Waals surface area contributed by atoms with Crippen LogP contribution in [0, 0.1) is 0 Å². The molecule has 0 N–H and O–H groups in total. The highest BCUT2D eigenvalue weighted by molar-refractivity contribution is 5.94. The number of fused-ring (bicyclic) bond motifs is 1. The van der Waals surface area contributed by atoms with Crippen LogP contribution in [0.15, 0.2) is 30.7 Å². The minimum atomic E-state index is -0.477. The predicted octanol–water partition coefficient (Wildman–Crippen LogP) is 1.72. The Morgan fingerprint density at radius 2 is 2.14 bits per heavy atom. The summed E-state index contributed by atoms with van der Waals surface area (Å²) in [5.74, 6) is 0.534. The van der Waals surface area contributed by atoms with Gasteiger partial charge in [-0.15, -0.1) is 0 Å². The monoisotopic (exact) mass is 192 g/mol. The van der Waals surface area contributed by atoms with Crippen molar-refractivity contribution in [1.82, 2.24) is 0 Å². The van der Waals surface area contributed by atoms with Gasteiger partial charge in [0.2, 0.25) is 0 Å². The van der Waals surface area contributed by atoms with Crippen LogP contribution in [0.5, 0.6) is 11.5 Å². The van der Waals surface area contributed by atoms with E-state index in [0.29, 0.717) is 17.1 Å². The summed E-state index contributed by atoms with van der Waals surface area (Å²) in [7, 11) is 1.52. The Hall–Kier alpha value is -1.97. The van der Waals surface area contributed by atoms with E-state index in [4.69, 9.17) is 14.2 Å². The van der Waals surface area contributed by atoms with E-state index in [-0.39, 0.29) is 5.95 Å². The van der Waals surface area contributed by atoms with Crippen molar-refractivity contribution in [2.75, 3.05) is 7.11 Å². The summed E-state index contributed by atoms with van der Waals surface area (Å²) in [5, 5.41) is 0. The van der Waals surface area contributed by atoms with Crippen molar-refractivity contribution in [3.05, 3.63) is 36.3 Å². The van der Waals surface area contributed by atoms with Gasteiger partial charge in [-0.2, -0.15) is 0 Å². The van der Waals surface area contributed by atoms with E-state index in [0.717, 1.165) is 0 Å². The Morgan fingerprint density at radius 1 is 1.36 bits per heavy atom. The van der Waals surface area contributed by atoms with Gasteiger partial charge in [-0.05, 0) is 24.8 Å². The Balaban J connectivity index is 2.49. The Kier molecular flexibility index (Phi) is 1.89. The first kappa shape index (κ1) is 8.62. The van der Waals surface area contributed by atoms with E-state index in [1.807, 2.05) is 0 Å². The van der Waals surface area contributed by atoms with Gasteiger partial charge in [0, 0.05) is 0 Å². The highest BCUT2D eigenvalue weighted by Crippen LogP contribution is 2.30. The third kappa shape index (κ3) is 1.31. The molecular formula is C10H8O4. The summed E-state index contributed by atoms with van der Waals surface area (Å²) < 4.78 is 14.8. The van der Waals surface area contributed by atoms with Crippen molar-refractivity contribution in [3.63, 3.8) is 0 Å². The molecule has 1 aliphatic heterocycles. The van der Waals surface area contributed by atoms with E-state index >= 15 is 0 Å². The molecule has 0 atom stereocenters. The van der Waals surface area contributed by atoms with E-state index in [9.17, 15) is 4.79 Å². The third-order valence-electron chi connectivity index (χ3n) is 1.84. The molecule has 1 aliphatic rings. The number of rotatable bonds is 1. The summed E-state index contributed by atoms with van der Waals surface area (Å²) in [4.78, 5) is 11.3. The quantitative estimate of drug-likeness (QED) is 0.635. The number of esters is 1. The molecule has 0 unspecified atom stereocenters. The molecule has 1 aromatic rings. The molecule has 0 saturated carbocycles. The fraction of sp³-hybridized carbons (Fsp3) is 0.100. The third-order valence-corrected chi connectivity index (χ3v) is 1.84. The first-order chi connectivity index (χ1) is 6.70. The molecule has 14 heavy (non-hydrogen) atoms. The van der Waals surface area contributed by atoms with E-state index in [1.165, 1.54) is 7.11 Å². The zero-order valence-corrected chi connectivity index (χ0v) is 7.57. The van der Waals surface area contributed by atoms with Gasteiger partial charge in [-0.3, -0.25) is 0 Å². The molecular weight excluding hydrogens is 184 g/mol. The molecule has 4 nitrogen and oxygen atoms in total. The van der Waals surface area contributed by atoms with Crippen LogP contribution in [-0.4, -0.2) is 13.1 Å². The molecule has 0 spiro atoms. The zero-order valence-electron chi connectivity index (χ0n) is 7.57. The maximum atomic E-state index is 11.3. The smallest absolute Gasteiger partial charge is 0.349 e. The number of hydrogen-bond acceptors (Lipinski definition) is 4. The number of carbonyl (C=O) groups is 1. The minimum absolute atomic E-state index is 0.00679. The van der Waals surface area contributed by atoms with Crippen LogP contribution < -0.4 is 9.47 Å². The SMILES string of the molecule is C=C1OC(=O)c2cc(OC)ccc2O1. The van der Waals surface area contributed by atoms with Crippen LogP contribution in [0.4, 0.5) is 0 Å². The standard InChI is InChI=1S/C10H8O4/c1-6-13-9-4-3-7(12-2)5-8(9)10(11)14-6/h3-5H,1H2,2H3. The molecule has 1 heterocycles. The summed E-state index contributed by atoms with van der Waals surface area (Å²) >= 11 is 0. The largest absolute Gasteiger partial charge is 0.497 e. The topological polar surface area (TPSA) is 44.8 Å². The molecule has 72 valence electrons. The number of carbonyl (C=O) groups excluding carboxylic acids is 1. The van der Waals surface area contributed by atoms with Gasteiger partial charge in [0.15, 0.2) is 0 Å². The lowest BCUT2D eigenvalue weighted by Crippen LogP contribution is -2.16. The van der Waals surface area contributed by atoms with Gasteiger partial charge in [-0.25, -0.2) is 4.79 Å². The molecule has 2 rings (SSSR count). The fourth-order valence-electron chi connectivity index (χ4n) is 1.19.